The van der Waals surface area contributed by atoms with Crippen LogP contribution in [0.1, 0.15) is 51.9 Å². The van der Waals surface area contributed by atoms with Gasteiger partial charge in [-0.1, -0.05) is 26.2 Å². The molecule has 1 aliphatic heterocycles. The highest BCUT2D eigenvalue weighted by molar-refractivity contribution is 4.89. The van der Waals surface area contributed by atoms with E-state index < -0.39 is 0 Å². The Morgan fingerprint density at radius 3 is 2.67 bits per heavy atom. The second kappa shape index (κ2) is 6.36. The lowest BCUT2D eigenvalue weighted by Crippen LogP contribution is -2.48. The molecule has 106 valence electrons. The molecule has 0 bridgehead atoms. The molecule has 0 radical (unpaired) electrons. The summed E-state index contributed by atoms with van der Waals surface area (Å²) in [6, 6.07) is 0. The lowest BCUT2D eigenvalue weighted by molar-refractivity contribution is -0.00729. The standard InChI is InChI=1S/C15H30N2O/c1-13-6-10-17(12-14(13)18-2)11-9-15(16)7-4-3-5-8-15/h13-14H,3-12,16H2,1-2H3. The molecule has 0 spiro atoms. The molecule has 1 heterocycles. The Morgan fingerprint density at radius 2 is 2.00 bits per heavy atom. The van der Waals surface area contributed by atoms with Crippen molar-refractivity contribution in [1.82, 2.24) is 4.90 Å². The highest BCUT2D eigenvalue weighted by atomic mass is 16.5. The van der Waals surface area contributed by atoms with Crippen LogP contribution in [0.3, 0.4) is 0 Å². The third-order valence-electron chi connectivity index (χ3n) is 5.05. The quantitative estimate of drug-likeness (QED) is 0.837. The summed E-state index contributed by atoms with van der Waals surface area (Å²) in [7, 11) is 1.84. The van der Waals surface area contributed by atoms with Gasteiger partial charge in [0.25, 0.3) is 0 Å². The summed E-state index contributed by atoms with van der Waals surface area (Å²) < 4.78 is 5.58. The van der Waals surface area contributed by atoms with Crippen LogP contribution in [-0.4, -0.2) is 43.3 Å². The van der Waals surface area contributed by atoms with Gasteiger partial charge in [-0.2, -0.15) is 0 Å². The summed E-state index contributed by atoms with van der Waals surface area (Å²) in [5.41, 5.74) is 6.64. The topological polar surface area (TPSA) is 38.5 Å². The van der Waals surface area contributed by atoms with Gasteiger partial charge in [-0.25, -0.2) is 0 Å². The van der Waals surface area contributed by atoms with Crippen molar-refractivity contribution in [3.63, 3.8) is 0 Å². The highest BCUT2D eigenvalue weighted by Gasteiger charge is 2.30. The van der Waals surface area contributed by atoms with Crippen LogP contribution in [0.5, 0.6) is 0 Å². The number of rotatable bonds is 4. The molecule has 0 aromatic heterocycles. The van der Waals surface area contributed by atoms with Crippen molar-refractivity contribution in [3.05, 3.63) is 0 Å². The van der Waals surface area contributed by atoms with Crippen molar-refractivity contribution in [2.75, 3.05) is 26.7 Å². The van der Waals surface area contributed by atoms with E-state index in [1.165, 1.54) is 45.1 Å². The van der Waals surface area contributed by atoms with E-state index in [0.717, 1.165) is 19.5 Å². The molecule has 2 atom stereocenters. The average molecular weight is 254 g/mol. The maximum Gasteiger partial charge on any atom is 0.0724 e. The number of piperidine rings is 1. The lowest BCUT2D eigenvalue weighted by atomic mass is 9.80. The summed E-state index contributed by atoms with van der Waals surface area (Å²) in [5.74, 6) is 0.702. The summed E-state index contributed by atoms with van der Waals surface area (Å²) in [5, 5.41) is 0. The van der Waals surface area contributed by atoms with Crippen molar-refractivity contribution in [2.45, 2.75) is 63.5 Å². The highest BCUT2D eigenvalue weighted by Crippen LogP contribution is 2.29. The molecule has 0 amide bonds. The summed E-state index contributed by atoms with van der Waals surface area (Å²) in [4.78, 5) is 2.55. The molecule has 3 nitrogen and oxygen atoms in total. The molecule has 2 unspecified atom stereocenters. The van der Waals surface area contributed by atoms with Gasteiger partial charge < -0.3 is 15.4 Å². The van der Waals surface area contributed by atoms with E-state index in [2.05, 4.69) is 11.8 Å². The first-order valence-electron chi connectivity index (χ1n) is 7.67. The molecule has 2 N–H and O–H groups in total. The van der Waals surface area contributed by atoms with Gasteiger partial charge in [-0.05, 0) is 44.7 Å². The van der Waals surface area contributed by atoms with Crippen LogP contribution in [0.4, 0.5) is 0 Å². The van der Waals surface area contributed by atoms with E-state index in [0.29, 0.717) is 12.0 Å². The first-order chi connectivity index (χ1) is 8.63. The molecule has 2 rings (SSSR count). The number of hydrogen-bond donors (Lipinski definition) is 1. The normalized spacial score (nSPS) is 33.5. The molecule has 0 aromatic carbocycles. The van der Waals surface area contributed by atoms with Gasteiger partial charge in [0.1, 0.15) is 0 Å². The third-order valence-corrected chi connectivity index (χ3v) is 5.05. The Bertz CT molecular complexity index is 251. The Morgan fingerprint density at radius 1 is 1.28 bits per heavy atom. The fourth-order valence-electron chi connectivity index (χ4n) is 3.49. The van der Waals surface area contributed by atoms with E-state index in [-0.39, 0.29) is 5.54 Å². The number of nitrogens with two attached hydrogens (primary N) is 1. The Kier molecular flexibility index (Phi) is 5.05. The first-order valence-corrected chi connectivity index (χ1v) is 7.67. The predicted molar refractivity (Wildman–Crippen MR) is 75.6 cm³/mol. The second-order valence-electron chi connectivity index (χ2n) is 6.51. The number of nitrogens with zero attached hydrogens (tertiary/aromatic N) is 1. The van der Waals surface area contributed by atoms with Crippen molar-refractivity contribution >= 4 is 0 Å². The zero-order valence-corrected chi connectivity index (χ0v) is 12.2. The minimum absolute atomic E-state index is 0.129. The maximum atomic E-state index is 6.51. The van der Waals surface area contributed by atoms with Crippen molar-refractivity contribution in [2.24, 2.45) is 11.7 Å². The zero-order chi connectivity index (χ0) is 13.0. The Balaban J connectivity index is 1.76. The molecule has 2 aliphatic rings. The number of ether oxygens (including phenoxy) is 1. The van der Waals surface area contributed by atoms with Gasteiger partial charge in [0.05, 0.1) is 6.10 Å². The molecule has 1 aliphatic carbocycles. The molecular formula is C15H30N2O. The summed E-state index contributed by atoms with van der Waals surface area (Å²) in [6.07, 6.45) is 9.33. The van der Waals surface area contributed by atoms with E-state index in [4.69, 9.17) is 10.5 Å². The van der Waals surface area contributed by atoms with E-state index in [1.54, 1.807) is 0 Å². The molecule has 3 heteroatoms. The van der Waals surface area contributed by atoms with Gasteiger partial charge in [0, 0.05) is 19.2 Å². The van der Waals surface area contributed by atoms with Gasteiger partial charge in [-0.15, -0.1) is 0 Å². The number of methoxy groups -OCH3 is 1. The Hall–Kier alpha value is -0.120. The fourth-order valence-corrected chi connectivity index (χ4v) is 3.49. The van der Waals surface area contributed by atoms with Crippen molar-refractivity contribution in [3.8, 4) is 0 Å². The number of likely N-dealkylation sites (tertiary alicyclic amines) is 1. The predicted octanol–water partition coefficient (Wildman–Crippen LogP) is 2.39. The van der Waals surface area contributed by atoms with Crippen molar-refractivity contribution in [1.29, 1.82) is 0 Å². The molecule has 1 saturated carbocycles. The summed E-state index contributed by atoms with van der Waals surface area (Å²) in [6.45, 7) is 5.77. The smallest absolute Gasteiger partial charge is 0.0724 e. The summed E-state index contributed by atoms with van der Waals surface area (Å²) >= 11 is 0. The third kappa shape index (κ3) is 3.69. The monoisotopic (exact) mass is 254 g/mol. The Labute approximate surface area is 112 Å². The molecule has 2 fully saturated rings. The molecule has 0 aromatic rings. The second-order valence-corrected chi connectivity index (χ2v) is 6.51. The average Bonchev–Trinajstić information content (AvgIpc) is 2.39. The van der Waals surface area contributed by atoms with Crippen LogP contribution < -0.4 is 5.73 Å². The largest absolute Gasteiger partial charge is 0.380 e. The fraction of sp³-hybridized carbons (Fsp3) is 1.00. The van der Waals surface area contributed by atoms with Crippen molar-refractivity contribution < 1.29 is 4.74 Å². The van der Waals surface area contributed by atoms with Crippen LogP contribution >= 0.6 is 0 Å². The SMILES string of the molecule is COC1CN(CCC2(N)CCCCC2)CCC1C. The van der Waals surface area contributed by atoms with E-state index in [9.17, 15) is 0 Å². The van der Waals surface area contributed by atoms with Gasteiger partial charge in [-0.3, -0.25) is 0 Å². The van der Waals surface area contributed by atoms with Crippen LogP contribution in [0.2, 0.25) is 0 Å². The lowest BCUT2D eigenvalue weighted by Gasteiger charge is -2.39. The van der Waals surface area contributed by atoms with E-state index >= 15 is 0 Å². The zero-order valence-electron chi connectivity index (χ0n) is 12.2. The molecule has 1 saturated heterocycles. The van der Waals surface area contributed by atoms with Crippen LogP contribution in [0.15, 0.2) is 0 Å². The minimum atomic E-state index is 0.129. The first kappa shape index (κ1) is 14.3. The van der Waals surface area contributed by atoms with E-state index in [1.807, 2.05) is 7.11 Å². The van der Waals surface area contributed by atoms with Gasteiger partial charge in [0.2, 0.25) is 0 Å². The molecule has 18 heavy (non-hydrogen) atoms. The van der Waals surface area contributed by atoms with Gasteiger partial charge >= 0.3 is 0 Å². The number of hydrogen-bond acceptors (Lipinski definition) is 3. The molecular weight excluding hydrogens is 224 g/mol. The van der Waals surface area contributed by atoms with Crippen LogP contribution in [0, 0.1) is 5.92 Å². The van der Waals surface area contributed by atoms with Crippen LogP contribution in [0.25, 0.3) is 0 Å². The van der Waals surface area contributed by atoms with Gasteiger partial charge in [0.15, 0.2) is 0 Å². The minimum Gasteiger partial charge on any atom is -0.380 e. The maximum absolute atomic E-state index is 6.51. The van der Waals surface area contributed by atoms with Crippen LogP contribution in [-0.2, 0) is 4.74 Å².